The van der Waals surface area contributed by atoms with Crippen molar-refractivity contribution in [2.45, 2.75) is 59.3 Å². The third kappa shape index (κ3) is 3.09. The van der Waals surface area contributed by atoms with E-state index in [2.05, 4.69) is 45.0 Å². The van der Waals surface area contributed by atoms with Gasteiger partial charge in [-0.05, 0) is 55.6 Å². The van der Waals surface area contributed by atoms with Crippen molar-refractivity contribution >= 4 is 39.7 Å². The molecule has 0 aliphatic heterocycles. The minimum Gasteiger partial charge on any atom is -0.294 e. The molecule has 2 aromatic heterocycles. The molecule has 0 unspecified atom stereocenters. The second-order valence-corrected chi connectivity index (χ2v) is 10.1. The zero-order chi connectivity index (χ0) is 18.8. The van der Waals surface area contributed by atoms with Gasteiger partial charge in [0, 0.05) is 27.8 Å². The van der Waals surface area contributed by atoms with Crippen molar-refractivity contribution < 1.29 is 4.79 Å². The normalized spacial score (nSPS) is 17.8. The summed E-state index contributed by atoms with van der Waals surface area (Å²) in [5.41, 5.74) is 6.95. The number of pyridine rings is 1. The topological polar surface area (TPSA) is 30.0 Å². The molecule has 146 valence electrons. The lowest BCUT2D eigenvalue weighted by molar-refractivity contribution is 0.0911. The average Bonchev–Trinajstić information content (AvgIpc) is 2.97. The van der Waals surface area contributed by atoms with Crippen LogP contribution in [0.25, 0.3) is 21.3 Å². The van der Waals surface area contributed by atoms with E-state index in [9.17, 15) is 4.79 Å². The lowest BCUT2D eigenvalue weighted by Crippen LogP contribution is -2.28. The van der Waals surface area contributed by atoms with Crippen LogP contribution in [0, 0.1) is 12.3 Å². The number of aromatic nitrogens is 1. The molecule has 0 N–H and O–H groups in total. The predicted molar refractivity (Wildman–Crippen MR) is 120 cm³/mol. The molecule has 0 bridgehead atoms. The zero-order valence-electron chi connectivity index (χ0n) is 16.7. The first-order valence-corrected chi connectivity index (χ1v) is 10.8. The molecule has 3 aromatic rings. The van der Waals surface area contributed by atoms with Crippen molar-refractivity contribution in [1.29, 1.82) is 0 Å². The lowest BCUT2D eigenvalue weighted by atomic mass is 9.73. The maximum absolute atomic E-state index is 13.3. The maximum atomic E-state index is 13.3. The van der Waals surface area contributed by atoms with Crippen molar-refractivity contribution in [2.75, 3.05) is 0 Å². The Hall–Kier alpha value is -1.71. The van der Waals surface area contributed by atoms with Crippen LogP contribution in [0.1, 0.15) is 65.2 Å². The fourth-order valence-electron chi connectivity index (χ4n) is 4.81. The summed E-state index contributed by atoms with van der Waals surface area (Å²) < 4.78 is 0. The van der Waals surface area contributed by atoms with Crippen LogP contribution in [0.3, 0.4) is 0 Å². The Morgan fingerprint density at radius 1 is 1.00 bits per heavy atom. The zero-order valence-corrected chi connectivity index (χ0v) is 18.4. The lowest BCUT2D eigenvalue weighted by Gasteiger charge is -2.31. The Kier molecular flexibility index (Phi) is 4.87. The van der Waals surface area contributed by atoms with Crippen LogP contribution in [-0.2, 0) is 19.3 Å². The van der Waals surface area contributed by atoms with Gasteiger partial charge in [0.25, 0.3) is 0 Å². The van der Waals surface area contributed by atoms with Gasteiger partial charge >= 0.3 is 0 Å². The Bertz CT molecular complexity index is 1080. The number of nitrogens with zero attached hydrogens (tertiary/aromatic N) is 1. The summed E-state index contributed by atoms with van der Waals surface area (Å²) in [6, 6.07) is 8.68. The summed E-state index contributed by atoms with van der Waals surface area (Å²) in [6.45, 7) is 6.48. The van der Waals surface area contributed by atoms with Crippen molar-refractivity contribution in [3.8, 4) is 11.1 Å². The Labute approximate surface area is 176 Å². The Morgan fingerprint density at radius 2 is 1.71 bits per heavy atom. The van der Waals surface area contributed by atoms with Crippen LogP contribution in [0.5, 0.6) is 0 Å². The average molecular weight is 412 g/mol. The molecule has 0 radical (unpaired) electrons. The third-order valence-corrected chi connectivity index (χ3v) is 7.27. The number of aryl methyl sites for hydroxylation is 3. The van der Waals surface area contributed by atoms with E-state index < -0.39 is 0 Å². The standard InChI is InChI=1S/C24H25NOS.ClH/c1-14-8-10-15(11-9-14)20-21-16-6-4-5-7-19(16)27-23(21)25-17-12-24(2,3)13-18(26)22(17)20;/h8-11H,4-7,12-13H2,1-3H3;1H. The van der Waals surface area contributed by atoms with Crippen LogP contribution < -0.4 is 0 Å². The summed E-state index contributed by atoms with van der Waals surface area (Å²) in [7, 11) is 0. The number of carbonyl (C=O) groups excluding carboxylic acids is 1. The monoisotopic (exact) mass is 411 g/mol. The van der Waals surface area contributed by atoms with E-state index in [1.807, 2.05) is 11.3 Å². The second-order valence-electron chi connectivity index (χ2n) is 9.01. The third-order valence-electron chi connectivity index (χ3n) is 6.08. The number of hydrogen-bond donors (Lipinski definition) is 0. The number of carbonyl (C=O) groups is 1. The van der Waals surface area contributed by atoms with Gasteiger partial charge in [0.2, 0.25) is 0 Å². The first kappa shape index (κ1) is 19.6. The maximum Gasteiger partial charge on any atom is 0.165 e. The molecular weight excluding hydrogens is 386 g/mol. The van der Waals surface area contributed by atoms with Gasteiger partial charge < -0.3 is 0 Å². The van der Waals surface area contributed by atoms with Gasteiger partial charge in [0.1, 0.15) is 4.83 Å². The highest BCUT2D eigenvalue weighted by molar-refractivity contribution is 7.19. The highest BCUT2D eigenvalue weighted by atomic mass is 35.5. The van der Waals surface area contributed by atoms with Gasteiger partial charge in [-0.15, -0.1) is 23.7 Å². The first-order chi connectivity index (χ1) is 12.9. The fraction of sp³-hybridized carbons (Fsp3) is 0.417. The number of fused-ring (bicyclic) bond motifs is 4. The van der Waals surface area contributed by atoms with Gasteiger partial charge in [-0.2, -0.15) is 0 Å². The molecule has 2 heterocycles. The molecule has 28 heavy (non-hydrogen) atoms. The second kappa shape index (κ2) is 6.96. The molecule has 0 saturated carbocycles. The van der Waals surface area contributed by atoms with Crippen LogP contribution in [0.15, 0.2) is 24.3 Å². The number of ketones is 1. The first-order valence-electron chi connectivity index (χ1n) is 10.0. The van der Waals surface area contributed by atoms with Crippen LogP contribution in [0.2, 0.25) is 0 Å². The molecule has 2 aliphatic rings. The number of Topliss-reactive ketones (excluding diaryl/α,β-unsaturated/α-hetero) is 1. The van der Waals surface area contributed by atoms with E-state index in [-0.39, 0.29) is 23.6 Å². The van der Waals surface area contributed by atoms with E-state index in [4.69, 9.17) is 4.98 Å². The van der Waals surface area contributed by atoms with E-state index >= 15 is 0 Å². The quantitative estimate of drug-likeness (QED) is 0.444. The van der Waals surface area contributed by atoms with Crippen molar-refractivity contribution in [3.63, 3.8) is 0 Å². The van der Waals surface area contributed by atoms with Crippen LogP contribution in [0.4, 0.5) is 0 Å². The van der Waals surface area contributed by atoms with E-state index in [0.29, 0.717) is 6.42 Å². The van der Waals surface area contributed by atoms with Crippen LogP contribution >= 0.6 is 23.7 Å². The molecule has 2 aliphatic carbocycles. The van der Waals surface area contributed by atoms with E-state index in [1.165, 1.54) is 39.8 Å². The summed E-state index contributed by atoms with van der Waals surface area (Å²) in [5.74, 6) is 0.266. The number of hydrogen-bond acceptors (Lipinski definition) is 3. The molecule has 0 spiro atoms. The van der Waals surface area contributed by atoms with E-state index in [1.54, 1.807) is 0 Å². The van der Waals surface area contributed by atoms with Gasteiger partial charge in [0.05, 0.1) is 5.69 Å². The number of thiophene rings is 1. The molecule has 0 fully saturated rings. The molecule has 0 saturated heterocycles. The minimum atomic E-state index is -0.00776. The molecule has 4 heteroatoms. The molecule has 1 aromatic carbocycles. The number of rotatable bonds is 1. The van der Waals surface area contributed by atoms with Gasteiger partial charge in [-0.25, -0.2) is 4.98 Å². The summed E-state index contributed by atoms with van der Waals surface area (Å²) >= 11 is 1.86. The largest absolute Gasteiger partial charge is 0.294 e. The van der Waals surface area contributed by atoms with Crippen molar-refractivity contribution in [3.05, 3.63) is 51.5 Å². The van der Waals surface area contributed by atoms with Gasteiger partial charge in [-0.3, -0.25) is 4.79 Å². The summed E-state index contributed by atoms with van der Waals surface area (Å²) in [6.07, 6.45) is 6.28. The fourth-order valence-corrected chi connectivity index (χ4v) is 6.10. The number of benzene rings is 1. The molecule has 0 atom stereocenters. The highest BCUT2D eigenvalue weighted by Crippen LogP contribution is 2.46. The molecule has 2 nitrogen and oxygen atoms in total. The predicted octanol–water partition coefficient (Wildman–Crippen LogP) is 6.73. The minimum absolute atomic E-state index is 0. The molecular formula is C24H26ClNOS. The SMILES string of the molecule is Cc1ccc(-c2c3c(nc4sc5c(c24)CCCC5)CC(C)(C)CC3=O)cc1.Cl. The van der Waals surface area contributed by atoms with Crippen molar-refractivity contribution in [2.24, 2.45) is 5.41 Å². The van der Waals surface area contributed by atoms with Gasteiger partial charge in [-0.1, -0.05) is 43.7 Å². The Balaban J connectivity index is 0.00000192. The smallest absolute Gasteiger partial charge is 0.165 e. The van der Waals surface area contributed by atoms with Crippen LogP contribution in [-0.4, -0.2) is 10.8 Å². The molecule has 0 amide bonds. The Morgan fingerprint density at radius 3 is 2.46 bits per heavy atom. The highest BCUT2D eigenvalue weighted by Gasteiger charge is 2.36. The van der Waals surface area contributed by atoms with E-state index in [0.717, 1.165) is 40.9 Å². The number of halogens is 1. The van der Waals surface area contributed by atoms with Crippen molar-refractivity contribution in [1.82, 2.24) is 4.98 Å². The summed E-state index contributed by atoms with van der Waals surface area (Å²) in [4.78, 5) is 21.0. The van der Waals surface area contributed by atoms with Gasteiger partial charge in [0.15, 0.2) is 5.78 Å². The summed E-state index contributed by atoms with van der Waals surface area (Å²) in [5, 5.41) is 1.27. The molecule has 5 rings (SSSR count).